The van der Waals surface area contributed by atoms with Crippen molar-refractivity contribution in [1.82, 2.24) is 69.8 Å². The summed E-state index contributed by atoms with van der Waals surface area (Å²) in [5.74, 6) is 2.65. The SMILES string of the molecule is c1ccc(-c2cc(-c3ccc(-c4cc(-c5ccccn5)nc(-c5cc(-c6cc(-c7ccccc7)nc(-c7ccccc7)n6)ccn5)c4)cc3)nc(-c3ccccc3)n2)cc1.c1ccc(-c2cc(-c3cccc(-c4cc(-c5ccccn5)nc(-c5cc(-c6cc(-c7ccccc7)nc(-c7ccccc7)n6)ccn5)c4)c3)nc(-c3ccccc3)n2)cc1. The predicted octanol–water partition coefficient (Wildman–Crippen LogP) is 24.9. The smallest absolute Gasteiger partial charge is 0.160 e. The summed E-state index contributed by atoms with van der Waals surface area (Å²) in [7, 11) is 0. The van der Waals surface area contributed by atoms with Gasteiger partial charge in [0.15, 0.2) is 23.3 Å². The second-order valence-electron chi connectivity index (χ2n) is 28.5. The third-order valence-electron chi connectivity index (χ3n) is 20.5. The first-order chi connectivity index (χ1) is 59.4. The topological polar surface area (TPSA) is 180 Å². The van der Waals surface area contributed by atoms with E-state index in [-0.39, 0.29) is 0 Å². The van der Waals surface area contributed by atoms with Crippen LogP contribution in [0.2, 0.25) is 0 Å². The molecule has 20 rings (SSSR count). The first-order valence-corrected chi connectivity index (χ1v) is 39.4. The lowest BCUT2D eigenvalue weighted by Gasteiger charge is -2.13. The highest BCUT2D eigenvalue weighted by Gasteiger charge is 2.21. The van der Waals surface area contributed by atoms with E-state index in [0.717, 1.165) is 163 Å². The van der Waals surface area contributed by atoms with Crippen LogP contribution in [0.15, 0.2) is 425 Å². The summed E-state index contributed by atoms with van der Waals surface area (Å²) >= 11 is 0. The number of rotatable bonds is 18. The second-order valence-corrected chi connectivity index (χ2v) is 28.5. The normalized spacial score (nSPS) is 11.0. The first kappa shape index (κ1) is 73.6. The maximum Gasteiger partial charge on any atom is 0.160 e. The van der Waals surface area contributed by atoms with Gasteiger partial charge in [-0.2, -0.15) is 0 Å². The third-order valence-corrected chi connectivity index (χ3v) is 20.5. The van der Waals surface area contributed by atoms with Crippen molar-refractivity contribution in [2.45, 2.75) is 0 Å². The van der Waals surface area contributed by atoms with Gasteiger partial charge in [0, 0.05) is 91.5 Å². The van der Waals surface area contributed by atoms with E-state index in [4.69, 9.17) is 59.8 Å². The zero-order chi connectivity index (χ0) is 80.2. The number of pyridine rings is 6. The van der Waals surface area contributed by atoms with Crippen molar-refractivity contribution < 1.29 is 0 Å². The largest absolute Gasteiger partial charge is 0.255 e. The predicted molar refractivity (Wildman–Crippen MR) is 480 cm³/mol. The molecule has 10 aromatic carbocycles. The molecule has 20 aromatic rings. The Kier molecular flexibility index (Phi) is 21.0. The Morgan fingerprint density at radius 2 is 0.325 bits per heavy atom. The van der Waals surface area contributed by atoms with E-state index in [0.29, 0.717) is 40.4 Å². The summed E-state index contributed by atoms with van der Waals surface area (Å²) in [4.78, 5) is 69.6. The van der Waals surface area contributed by atoms with Gasteiger partial charge >= 0.3 is 0 Å². The summed E-state index contributed by atoms with van der Waals surface area (Å²) in [6.07, 6.45) is 7.21. The summed E-state index contributed by atoms with van der Waals surface area (Å²) < 4.78 is 0. The van der Waals surface area contributed by atoms with Crippen LogP contribution in [0.25, 0.3) is 203 Å². The molecule has 120 heavy (non-hydrogen) atoms. The number of benzene rings is 10. The Bertz CT molecular complexity index is 6550. The lowest BCUT2D eigenvalue weighted by atomic mass is 9.98. The van der Waals surface area contributed by atoms with E-state index in [9.17, 15) is 0 Å². The van der Waals surface area contributed by atoms with Crippen molar-refractivity contribution in [2.75, 3.05) is 0 Å². The molecule has 0 N–H and O–H groups in total. The minimum atomic E-state index is 0.651. The highest BCUT2D eigenvalue weighted by molar-refractivity contribution is 5.84. The van der Waals surface area contributed by atoms with E-state index >= 15 is 0 Å². The molecule has 0 saturated heterocycles. The van der Waals surface area contributed by atoms with Gasteiger partial charge in [0.2, 0.25) is 0 Å². The molecule has 10 aromatic heterocycles. The number of aromatic nitrogens is 14. The van der Waals surface area contributed by atoms with Crippen molar-refractivity contribution in [1.29, 1.82) is 0 Å². The minimum Gasteiger partial charge on any atom is -0.255 e. The van der Waals surface area contributed by atoms with Gasteiger partial charge < -0.3 is 0 Å². The van der Waals surface area contributed by atoms with E-state index in [2.05, 4.69) is 143 Å². The molecule has 0 aliphatic heterocycles. The quantitative estimate of drug-likeness (QED) is 0.0791. The highest BCUT2D eigenvalue weighted by Crippen LogP contribution is 2.39. The molecule has 0 amide bonds. The lowest BCUT2D eigenvalue weighted by Crippen LogP contribution is -1.97. The average molecular weight is 1540 g/mol. The van der Waals surface area contributed by atoms with Gasteiger partial charge in [-0.3, -0.25) is 19.9 Å². The van der Waals surface area contributed by atoms with Gasteiger partial charge in [-0.1, -0.05) is 297 Å². The molecule has 0 radical (unpaired) electrons. The molecule has 0 aliphatic carbocycles. The van der Waals surface area contributed by atoms with Crippen molar-refractivity contribution in [3.8, 4) is 203 Å². The minimum absolute atomic E-state index is 0.651. The van der Waals surface area contributed by atoms with E-state index < -0.39 is 0 Å². The molecule has 0 unspecified atom stereocenters. The molecule has 14 heteroatoms. The van der Waals surface area contributed by atoms with E-state index in [1.165, 1.54) is 0 Å². The lowest BCUT2D eigenvalue weighted by molar-refractivity contribution is 1.18. The van der Waals surface area contributed by atoms with Crippen LogP contribution >= 0.6 is 0 Å². The van der Waals surface area contributed by atoms with Crippen molar-refractivity contribution >= 4 is 0 Å². The van der Waals surface area contributed by atoms with Crippen LogP contribution in [-0.2, 0) is 0 Å². The Morgan fingerprint density at radius 3 is 0.633 bits per heavy atom. The maximum atomic E-state index is 5.16. The Labute approximate surface area is 694 Å². The van der Waals surface area contributed by atoms with Crippen molar-refractivity contribution in [3.63, 3.8) is 0 Å². The van der Waals surface area contributed by atoms with E-state index in [1.54, 1.807) is 12.4 Å². The molecular formula is C106H70N14. The summed E-state index contributed by atoms with van der Waals surface area (Å²) in [6, 6.07) is 134. The molecule has 0 atom stereocenters. The average Bonchev–Trinajstić information content (AvgIpc) is 0.980. The molecule has 0 bridgehead atoms. The van der Waals surface area contributed by atoms with Crippen LogP contribution in [0.5, 0.6) is 0 Å². The molecule has 564 valence electrons. The fourth-order valence-corrected chi connectivity index (χ4v) is 14.4. The number of hydrogen-bond donors (Lipinski definition) is 0. The zero-order valence-corrected chi connectivity index (χ0v) is 64.7. The van der Waals surface area contributed by atoms with Gasteiger partial charge in [-0.05, 0) is 125 Å². The zero-order valence-electron chi connectivity index (χ0n) is 64.7. The molecule has 0 spiro atoms. The van der Waals surface area contributed by atoms with Crippen LogP contribution in [0.4, 0.5) is 0 Å². The van der Waals surface area contributed by atoms with Gasteiger partial charge in [-0.25, -0.2) is 49.8 Å². The van der Waals surface area contributed by atoms with Gasteiger partial charge in [0.05, 0.1) is 91.1 Å². The van der Waals surface area contributed by atoms with Crippen LogP contribution in [0, 0.1) is 0 Å². The van der Waals surface area contributed by atoms with Crippen LogP contribution in [0.3, 0.4) is 0 Å². The molecule has 0 saturated carbocycles. The van der Waals surface area contributed by atoms with Gasteiger partial charge in [-0.15, -0.1) is 0 Å². The fourth-order valence-electron chi connectivity index (χ4n) is 14.4. The summed E-state index contributed by atoms with van der Waals surface area (Å²) in [6.45, 7) is 0. The summed E-state index contributed by atoms with van der Waals surface area (Å²) in [5.41, 5.74) is 28.1. The Morgan fingerprint density at radius 1 is 0.100 bits per heavy atom. The molecule has 14 nitrogen and oxygen atoms in total. The number of nitrogens with zero attached hydrogens (tertiary/aromatic N) is 14. The third kappa shape index (κ3) is 16.7. The number of hydrogen-bond acceptors (Lipinski definition) is 14. The maximum absolute atomic E-state index is 5.16. The Hall–Kier alpha value is -16.6. The van der Waals surface area contributed by atoms with Crippen molar-refractivity contribution in [3.05, 3.63) is 425 Å². The first-order valence-electron chi connectivity index (χ1n) is 39.4. The van der Waals surface area contributed by atoms with Crippen molar-refractivity contribution in [2.24, 2.45) is 0 Å². The van der Waals surface area contributed by atoms with Gasteiger partial charge in [0.25, 0.3) is 0 Å². The van der Waals surface area contributed by atoms with Crippen LogP contribution in [-0.4, -0.2) is 69.8 Å². The molecule has 0 aliphatic rings. The van der Waals surface area contributed by atoms with Crippen LogP contribution in [0.1, 0.15) is 0 Å². The summed E-state index contributed by atoms with van der Waals surface area (Å²) in [5, 5.41) is 0. The van der Waals surface area contributed by atoms with E-state index in [1.807, 2.05) is 279 Å². The standard InChI is InChI=1S/2C53H35N7/c1-5-16-36(17-6-1)45-34-47(59-52(57-45)38-20-9-3-10-21-38)41-25-15-24-40(30-41)43-32-50(44-26-13-14-28-54-44)56-51(33-43)49-31-42(27-29-55-49)48-35-46(37-18-7-2-8-19-37)58-53(60-48)39-22-11-4-12-23-39;1-5-15-37(16-6-1)45-34-47(59-52(57-45)40-19-9-3-10-20-40)39-26-24-36(25-27-39)43-32-50(44-23-13-14-29-54-44)56-51(33-43)49-31-42(28-30-55-49)48-35-46(38-17-7-2-8-18-38)58-53(60-48)41-21-11-4-12-22-41/h2*1-35H. The molecule has 10 heterocycles. The fraction of sp³-hybridized carbons (Fsp3) is 0. The monoisotopic (exact) mass is 1540 g/mol. The molecule has 0 fully saturated rings. The van der Waals surface area contributed by atoms with Crippen LogP contribution < -0.4 is 0 Å². The molecular weight excluding hydrogens is 1470 g/mol. The second kappa shape index (κ2) is 34.2. The Balaban J connectivity index is 0.000000159. The van der Waals surface area contributed by atoms with Gasteiger partial charge in [0.1, 0.15) is 0 Å². The highest BCUT2D eigenvalue weighted by atomic mass is 14.9.